The number of unbranched alkanes of at least 4 members (excludes halogenated alkanes) is 13. The normalized spacial score (nSPS) is 21.5. The van der Waals surface area contributed by atoms with E-state index in [9.17, 15) is 19.5 Å². The summed E-state index contributed by atoms with van der Waals surface area (Å²) in [5, 5.41) is 11.1. The smallest absolute Gasteiger partial charge is 0.316 e. The molecular weight excluding hydrogens is 432 g/mol. The fraction of sp³-hybridized carbons (Fsp3) is 0.821. The van der Waals surface area contributed by atoms with Gasteiger partial charge in [-0.2, -0.15) is 0 Å². The Morgan fingerprint density at radius 3 is 1.79 bits per heavy atom. The van der Waals surface area contributed by atoms with E-state index < -0.39 is 29.6 Å². The molecule has 6 heteroatoms. The van der Waals surface area contributed by atoms with Crippen LogP contribution in [-0.2, 0) is 23.9 Å². The average molecular weight is 481 g/mol. The molecule has 0 aromatic rings. The highest BCUT2D eigenvalue weighted by Gasteiger charge is 2.50. The molecule has 1 rings (SSSR count). The molecule has 0 saturated carbocycles. The van der Waals surface area contributed by atoms with Crippen molar-refractivity contribution in [3.05, 3.63) is 12.2 Å². The topological polar surface area (TPSA) is 89.9 Å². The summed E-state index contributed by atoms with van der Waals surface area (Å²) in [4.78, 5) is 35.5. The highest BCUT2D eigenvalue weighted by Crippen LogP contribution is 2.37. The number of hydrogen-bond acceptors (Lipinski definition) is 6. The standard InChI is InChI=1S/C28H48O6/c1-4-5-6-7-8-9-10-11-12-13-14-15-16-17-21-28(32)22-20-24(26(28)27(31)33-3)34-25(30)19-18-23(2)29/h20,22,24,26,32H,4-19,21H2,1-3H3/t24-,26-,28-/m0/s1. The van der Waals surface area contributed by atoms with Crippen molar-refractivity contribution in [3.8, 4) is 0 Å². The van der Waals surface area contributed by atoms with Crippen molar-refractivity contribution in [2.75, 3.05) is 7.11 Å². The highest BCUT2D eigenvalue weighted by molar-refractivity contribution is 5.82. The molecule has 0 unspecified atom stereocenters. The van der Waals surface area contributed by atoms with E-state index in [1.807, 2.05) is 0 Å². The number of carbonyl (C=O) groups is 3. The molecule has 3 atom stereocenters. The lowest BCUT2D eigenvalue weighted by Gasteiger charge is -2.30. The molecule has 0 bridgehead atoms. The van der Waals surface area contributed by atoms with Gasteiger partial charge in [-0.25, -0.2) is 0 Å². The maximum absolute atomic E-state index is 12.4. The van der Waals surface area contributed by atoms with Crippen molar-refractivity contribution in [1.82, 2.24) is 0 Å². The summed E-state index contributed by atoms with van der Waals surface area (Å²) in [6.07, 6.45) is 20.2. The monoisotopic (exact) mass is 480 g/mol. The van der Waals surface area contributed by atoms with Gasteiger partial charge in [0.2, 0.25) is 0 Å². The number of hydrogen-bond donors (Lipinski definition) is 1. The van der Waals surface area contributed by atoms with Gasteiger partial charge in [-0.3, -0.25) is 9.59 Å². The van der Waals surface area contributed by atoms with Crippen LogP contribution >= 0.6 is 0 Å². The van der Waals surface area contributed by atoms with E-state index >= 15 is 0 Å². The molecule has 0 fully saturated rings. The average Bonchev–Trinajstić information content (AvgIpc) is 3.13. The van der Waals surface area contributed by atoms with Gasteiger partial charge in [0.25, 0.3) is 0 Å². The molecule has 1 aliphatic carbocycles. The third-order valence-corrected chi connectivity index (χ3v) is 6.78. The van der Waals surface area contributed by atoms with Gasteiger partial charge in [-0.1, -0.05) is 103 Å². The van der Waals surface area contributed by atoms with Crippen LogP contribution in [0, 0.1) is 5.92 Å². The maximum atomic E-state index is 12.4. The Labute approximate surface area is 206 Å². The van der Waals surface area contributed by atoms with Gasteiger partial charge < -0.3 is 19.4 Å². The van der Waals surface area contributed by atoms with E-state index in [2.05, 4.69) is 6.92 Å². The largest absolute Gasteiger partial charge is 0.469 e. The number of methoxy groups -OCH3 is 1. The maximum Gasteiger partial charge on any atom is 0.316 e. The minimum absolute atomic E-state index is 0.0368. The van der Waals surface area contributed by atoms with Crippen molar-refractivity contribution in [1.29, 1.82) is 0 Å². The molecule has 0 aromatic heterocycles. The van der Waals surface area contributed by atoms with Crippen LogP contribution in [0.25, 0.3) is 0 Å². The minimum atomic E-state index is -1.38. The zero-order valence-electron chi connectivity index (χ0n) is 21.8. The number of ketones is 1. The molecule has 0 aromatic carbocycles. The Morgan fingerprint density at radius 2 is 1.32 bits per heavy atom. The summed E-state index contributed by atoms with van der Waals surface area (Å²) in [6.45, 7) is 3.66. The summed E-state index contributed by atoms with van der Waals surface area (Å²) in [7, 11) is 1.27. The second-order valence-corrected chi connectivity index (χ2v) is 9.85. The van der Waals surface area contributed by atoms with Crippen LogP contribution in [-0.4, -0.2) is 41.6 Å². The molecule has 196 valence electrons. The van der Waals surface area contributed by atoms with Gasteiger partial charge in [0.15, 0.2) is 0 Å². The molecule has 0 saturated heterocycles. The van der Waals surface area contributed by atoms with E-state index in [1.165, 1.54) is 84.7 Å². The predicted octanol–water partition coefficient (Wildman–Crippen LogP) is 6.23. The van der Waals surface area contributed by atoms with Crippen LogP contribution in [0.5, 0.6) is 0 Å². The molecule has 1 aliphatic rings. The molecule has 0 spiro atoms. The van der Waals surface area contributed by atoms with Crippen LogP contribution in [0.2, 0.25) is 0 Å². The first kappa shape index (κ1) is 30.3. The Kier molecular flexibility index (Phi) is 15.8. The summed E-state index contributed by atoms with van der Waals surface area (Å²) in [5.41, 5.74) is -1.38. The van der Waals surface area contributed by atoms with Crippen LogP contribution < -0.4 is 0 Å². The molecular formula is C28H48O6. The molecule has 0 aliphatic heterocycles. The fourth-order valence-corrected chi connectivity index (χ4v) is 4.66. The zero-order valence-corrected chi connectivity index (χ0v) is 21.8. The highest BCUT2D eigenvalue weighted by atomic mass is 16.6. The Hall–Kier alpha value is -1.69. The predicted molar refractivity (Wildman–Crippen MR) is 134 cm³/mol. The quantitative estimate of drug-likeness (QED) is 0.126. The van der Waals surface area contributed by atoms with Crippen molar-refractivity contribution >= 4 is 17.7 Å². The van der Waals surface area contributed by atoms with Crippen LogP contribution in [0.4, 0.5) is 0 Å². The second kappa shape index (κ2) is 17.7. The van der Waals surface area contributed by atoms with Gasteiger partial charge in [0.05, 0.1) is 13.5 Å². The SMILES string of the molecule is CCCCCCCCCCCCCCCC[C@]1(O)C=C[C@H](OC(=O)CCC(C)=O)[C@H]1C(=O)OC. The number of rotatable bonds is 20. The van der Waals surface area contributed by atoms with E-state index in [4.69, 9.17) is 9.47 Å². The van der Waals surface area contributed by atoms with Gasteiger partial charge >= 0.3 is 11.9 Å². The number of ether oxygens (including phenoxy) is 2. The summed E-state index contributed by atoms with van der Waals surface area (Å²) in [6, 6.07) is 0. The number of esters is 2. The van der Waals surface area contributed by atoms with Crippen molar-refractivity contribution in [2.24, 2.45) is 5.92 Å². The van der Waals surface area contributed by atoms with E-state index in [0.29, 0.717) is 6.42 Å². The fourth-order valence-electron chi connectivity index (χ4n) is 4.66. The summed E-state index contributed by atoms with van der Waals surface area (Å²) in [5.74, 6) is -2.22. The van der Waals surface area contributed by atoms with E-state index in [-0.39, 0.29) is 18.6 Å². The van der Waals surface area contributed by atoms with Crippen molar-refractivity contribution < 1.29 is 29.0 Å². The molecule has 6 nitrogen and oxygen atoms in total. The number of aliphatic hydroxyl groups is 1. The molecule has 1 N–H and O–H groups in total. The van der Waals surface area contributed by atoms with Gasteiger partial charge in [-0.15, -0.1) is 0 Å². The summed E-state index contributed by atoms with van der Waals surface area (Å²) >= 11 is 0. The van der Waals surface area contributed by atoms with Crippen molar-refractivity contribution in [2.45, 2.75) is 135 Å². The van der Waals surface area contributed by atoms with Gasteiger partial charge in [0, 0.05) is 6.42 Å². The second-order valence-electron chi connectivity index (χ2n) is 9.85. The lowest BCUT2D eigenvalue weighted by Crippen LogP contribution is -2.44. The van der Waals surface area contributed by atoms with E-state index in [0.717, 1.165) is 19.3 Å². The van der Waals surface area contributed by atoms with Gasteiger partial charge in [-0.05, 0) is 19.4 Å². The molecule has 0 heterocycles. The number of carbonyl (C=O) groups excluding carboxylic acids is 3. The van der Waals surface area contributed by atoms with Crippen LogP contribution in [0.3, 0.4) is 0 Å². The third-order valence-electron chi connectivity index (χ3n) is 6.78. The minimum Gasteiger partial charge on any atom is -0.469 e. The van der Waals surface area contributed by atoms with E-state index in [1.54, 1.807) is 12.2 Å². The first-order valence-electron chi connectivity index (χ1n) is 13.5. The Morgan fingerprint density at radius 1 is 0.824 bits per heavy atom. The zero-order chi connectivity index (χ0) is 25.2. The molecule has 0 radical (unpaired) electrons. The van der Waals surface area contributed by atoms with Crippen molar-refractivity contribution in [3.63, 3.8) is 0 Å². The van der Waals surface area contributed by atoms with Crippen LogP contribution in [0.1, 0.15) is 123 Å². The summed E-state index contributed by atoms with van der Waals surface area (Å²) < 4.78 is 10.3. The third kappa shape index (κ3) is 12.1. The first-order chi connectivity index (χ1) is 16.3. The lowest BCUT2D eigenvalue weighted by molar-refractivity contribution is -0.165. The van der Waals surface area contributed by atoms with Crippen LogP contribution in [0.15, 0.2) is 12.2 Å². The Balaban J connectivity index is 2.24. The van der Waals surface area contributed by atoms with Gasteiger partial charge in [0.1, 0.15) is 23.4 Å². The molecule has 0 amide bonds. The molecule has 34 heavy (non-hydrogen) atoms. The first-order valence-corrected chi connectivity index (χ1v) is 13.5. The lowest BCUT2D eigenvalue weighted by atomic mass is 9.84. The number of Topliss-reactive ketones (excluding diaryl/α,β-unsaturated/α-hetero) is 1. The Bertz CT molecular complexity index is 628.